The number of hydrogen-bond donors (Lipinski definition) is 2. The van der Waals surface area contributed by atoms with Gasteiger partial charge in [-0.1, -0.05) is 19.4 Å². The Hall–Kier alpha value is -1.91. The van der Waals surface area contributed by atoms with Gasteiger partial charge in [0.2, 0.25) is 6.41 Å². The Morgan fingerprint density at radius 1 is 1.50 bits per heavy atom. The molecule has 0 aromatic carbocycles. The molecule has 1 aliphatic carbocycles. The summed E-state index contributed by atoms with van der Waals surface area (Å²) in [5.74, 6) is -0.121. The molecular weight excluding hydrogens is 278 g/mol. The first-order valence-electron chi connectivity index (χ1n) is 8.04. The molecule has 1 fully saturated rings. The van der Waals surface area contributed by atoms with Crippen LogP contribution in [-0.2, 0) is 4.79 Å². The van der Waals surface area contributed by atoms with Crippen LogP contribution in [0, 0.1) is 6.92 Å². The second-order valence-electron chi connectivity index (χ2n) is 6.23. The van der Waals surface area contributed by atoms with Gasteiger partial charge in [0.25, 0.3) is 5.91 Å². The molecule has 1 heterocycles. The summed E-state index contributed by atoms with van der Waals surface area (Å²) in [6.45, 7) is 4.00. The van der Waals surface area contributed by atoms with Crippen molar-refractivity contribution in [3.05, 3.63) is 29.6 Å². The minimum Gasteiger partial charge on any atom is -0.356 e. The van der Waals surface area contributed by atoms with E-state index in [1.807, 2.05) is 19.1 Å². The van der Waals surface area contributed by atoms with E-state index >= 15 is 0 Å². The summed E-state index contributed by atoms with van der Waals surface area (Å²) in [5.41, 5.74) is 1.05. The first kappa shape index (κ1) is 16.5. The number of rotatable bonds is 6. The van der Waals surface area contributed by atoms with E-state index in [1.165, 1.54) is 0 Å². The molecule has 1 saturated carbocycles. The van der Waals surface area contributed by atoms with Crippen LogP contribution in [0.15, 0.2) is 18.2 Å². The molecule has 120 valence electrons. The van der Waals surface area contributed by atoms with Crippen LogP contribution in [0.1, 0.15) is 61.6 Å². The maximum Gasteiger partial charge on any atom is 0.270 e. The van der Waals surface area contributed by atoms with E-state index in [1.54, 1.807) is 6.07 Å². The Bertz CT molecular complexity index is 528. The SMILES string of the molecule is CCCC1(NC(=O)c2cccc(C)n2)CCCC(NC=O)C1. The molecule has 0 radical (unpaired) electrons. The van der Waals surface area contributed by atoms with E-state index in [0.29, 0.717) is 5.69 Å². The molecule has 2 atom stereocenters. The van der Waals surface area contributed by atoms with E-state index in [-0.39, 0.29) is 17.5 Å². The van der Waals surface area contributed by atoms with Crippen molar-refractivity contribution in [2.45, 2.75) is 64.0 Å². The topological polar surface area (TPSA) is 71.1 Å². The van der Waals surface area contributed by atoms with E-state index in [0.717, 1.165) is 50.6 Å². The van der Waals surface area contributed by atoms with Gasteiger partial charge in [0.05, 0.1) is 0 Å². The third-order valence-corrected chi connectivity index (χ3v) is 4.38. The zero-order valence-electron chi connectivity index (χ0n) is 13.4. The summed E-state index contributed by atoms with van der Waals surface area (Å²) in [4.78, 5) is 27.6. The van der Waals surface area contributed by atoms with Gasteiger partial charge in [0.15, 0.2) is 0 Å². The smallest absolute Gasteiger partial charge is 0.270 e. The molecule has 2 N–H and O–H groups in total. The largest absolute Gasteiger partial charge is 0.356 e. The number of aryl methyl sites for hydroxylation is 1. The standard InChI is InChI=1S/C17H25N3O2/c1-3-9-17(10-5-7-14(11-17)18-12-21)20-16(22)15-8-4-6-13(2)19-15/h4,6,8,12,14H,3,5,7,9-11H2,1-2H3,(H,18,21)(H,20,22). The maximum atomic E-state index is 12.5. The predicted molar refractivity (Wildman–Crippen MR) is 85.5 cm³/mol. The van der Waals surface area contributed by atoms with Crippen molar-refractivity contribution in [3.8, 4) is 0 Å². The van der Waals surface area contributed by atoms with Crippen LogP contribution in [-0.4, -0.2) is 28.9 Å². The molecule has 1 aromatic heterocycles. The van der Waals surface area contributed by atoms with Gasteiger partial charge in [0.1, 0.15) is 5.69 Å². The minimum atomic E-state index is -0.240. The van der Waals surface area contributed by atoms with Crippen molar-refractivity contribution in [3.63, 3.8) is 0 Å². The van der Waals surface area contributed by atoms with Crippen LogP contribution in [0.25, 0.3) is 0 Å². The van der Waals surface area contributed by atoms with Crippen LogP contribution < -0.4 is 10.6 Å². The van der Waals surface area contributed by atoms with Gasteiger partial charge in [-0.2, -0.15) is 0 Å². The van der Waals surface area contributed by atoms with Crippen molar-refractivity contribution in [2.24, 2.45) is 0 Å². The monoisotopic (exact) mass is 303 g/mol. The van der Waals surface area contributed by atoms with Crippen LogP contribution in [0.5, 0.6) is 0 Å². The maximum absolute atomic E-state index is 12.5. The molecule has 2 rings (SSSR count). The normalized spacial score (nSPS) is 24.5. The molecule has 1 aliphatic rings. The fourth-order valence-electron chi connectivity index (χ4n) is 3.46. The summed E-state index contributed by atoms with van der Waals surface area (Å²) < 4.78 is 0. The van der Waals surface area contributed by atoms with Gasteiger partial charge < -0.3 is 10.6 Å². The molecule has 0 aliphatic heterocycles. The third-order valence-electron chi connectivity index (χ3n) is 4.38. The summed E-state index contributed by atoms with van der Waals surface area (Å²) in [6, 6.07) is 5.61. The molecule has 0 bridgehead atoms. The van der Waals surface area contributed by atoms with Crippen molar-refractivity contribution >= 4 is 12.3 Å². The average molecular weight is 303 g/mol. The molecule has 1 aromatic rings. The highest BCUT2D eigenvalue weighted by Gasteiger charge is 2.37. The Kier molecular flexibility index (Phi) is 5.52. The zero-order chi connectivity index (χ0) is 16.0. The Balaban J connectivity index is 2.13. The number of carbonyl (C=O) groups is 2. The second kappa shape index (κ2) is 7.38. The lowest BCUT2D eigenvalue weighted by molar-refractivity contribution is -0.110. The molecule has 2 unspecified atom stereocenters. The fraction of sp³-hybridized carbons (Fsp3) is 0.588. The number of nitrogens with zero attached hydrogens (tertiary/aromatic N) is 1. The highest BCUT2D eigenvalue weighted by atomic mass is 16.2. The third kappa shape index (κ3) is 4.06. The van der Waals surface area contributed by atoms with Crippen molar-refractivity contribution in [1.82, 2.24) is 15.6 Å². The summed E-state index contributed by atoms with van der Waals surface area (Å²) in [6.07, 6.45) is 6.40. The lowest BCUT2D eigenvalue weighted by Crippen LogP contribution is -2.54. The minimum absolute atomic E-state index is 0.121. The van der Waals surface area contributed by atoms with Crippen LogP contribution in [0.3, 0.4) is 0 Å². The van der Waals surface area contributed by atoms with Crippen LogP contribution in [0.2, 0.25) is 0 Å². The number of aromatic nitrogens is 1. The van der Waals surface area contributed by atoms with Gasteiger partial charge >= 0.3 is 0 Å². The molecule has 22 heavy (non-hydrogen) atoms. The molecular formula is C17H25N3O2. The number of pyridine rings is 1. The molecule has 0 spiro atoms. The first-order valence-corrected chi connectivity index (χ1v) is 8.04. The summed E-state index contributed by atoms with van der Waals surface area (Å²) in [5, 5.41) is 6.08. The van der Waals surface area contributed by atoms with Gasteiger partial charge in [-0.15, -0.1) is 0 Å². The summed E-state index contributed by atoms with van der Waals surface area (Å²) in [7, 11) is 0. The van der Waals surface area contributed by atoms with Crippen molar-refractivity contribution in [2.75, 3.05) is 0 Å². The van der Waals surface area contributed by atoms with Gasteiger partial charge in [0, 0.05) is 17.3 Å². The van der Waals surface area contributed by atoms with E-state index in [9.17, 15) is 9.59 Å². The fourth-order valence-corrected chi connectivity index (χ4v) is 3.46. The number of carbonyl (C=O) groups excluding carboxylic acids is 2. The van der Waals surface area contributed by atoms with E-state index in [2.05, 4.69) is 22.5 Å². The van der Waals surface area contributed by atoms with Gasteiger partial charge in [-0.25, -0.2) is 4.98 Å². The highest BCUT2D eigenvalue weighted by molar-refractivity contribution is 5.92. The molecule has 5 nitrogen and oxygen atoms in total. The van der Waals surface area contributed by atoms with Crippen molar-refractivity contribution in [1.29, 1.82) is 0 Å². The molecule has 2 amide bonds. The molecule has 0 saturated heterocycles. The number of amides is 2. The van der Waals surface area contributed by atoms with Crippen LogP contribution in [0.4, 0.5) is 0 Å². The van der Waals surface area contributed by atoms with Gasteiger partial charge in [-0.3, -0.25) is 9.59 Å². The van der Waals surface area contributed by atoms with E-state index < -0.39 is 0 Å². The van der Waals surface area contributed by atoms with Crippen molar-refractivity contribution < 1.29 is 9.59 Å². The average Bonchev–Trinajstić information content (AvgIpc) is 2.48. The quantitative estimate of drug-likeness (QED) is 0.792. The number of nitrogens with one attached hydrogen (secondary N) is 2. The van der Waals surface area contributed by atoms with Crippen LogP contribution >= 0.6 is 0 Å². The number of hydrogen-bond acceptors (Lipinski definition) is 3. The Morgan fingerprint density at radius 2 is 2.32 bits per heavy atom. The first-order chi connectivity index (χ1) is 10.6. The lowest BCUT2D eigenvalue weighted by Gasteiger charge is -2.41. The predicted octanol–water partition coefficient (Wildman–Crippen LogP) is 2.35. The Morgan fingerprint density at radius 3 is 3.00 bits per heavy atom. The molecule has 5 heteroatoms. The van der Waals surface area contributed by atoms with E-state index in [4.69, 9.17) is 0 Å². The zero-order valence-corrected chi connectivity index (χ0v) is 13.4. The Labute approximate surface area is 131 Å². The van der Waals surface area contributed by atoms with Gasteiger partial charge in [-0.05, 0) is 51.2 Å². The lowest BCUT2D eigenvalue weighted by atomic mass is 9.76. The second-order valence-corrected chi connectivity index (χ2v) is 6.23. The summed E-state index contributed by atoms with van der Waals surface area (Å²) >= 11 is 0. The highest BCUT2D eigenvalue weighted by Crippen LogP contribution is 2.32.